The smallest absolute Gasteiger partial charge is 0.265 e. The van der Waals surface area contributed by atoms with Crippen LogP contribution >= 0.6 is 11.3 Å². The number of nitrogens with zero attached hydrogens (tertiary/aromatic N) is 2. The van der Waals surface area contributed by atoms with E-state index in [9.17, 15) is 4.79 Å². The Morgan fingerprint density at radius 2 is 2.28 bits per heavy atom. The molecule has 102 valence electrons. The van der Waals surface area contributed by atoms with Gasteiger partial charge in [-0.05, 0) is 13.3 Å². The van der Waals surface area contributed by atoms with E-state index in [1.165, 1.54) is 11.3 Å². The van der Waals surface area contributed by atoms with Crippen molar-refractivity contribution in [3.63, 3.8) is 0 Å². The second-order valence-corrected chi connectivity index (χ2v) is 4.89. The van der Waals surface area contributed by atoms with E-state index in [-0.39, 0.29) is 11.7 Å². The fourth-order valence-electron chi connectivity index (χ4n) is 1.27. The molecule has 6 nitrogen and oxygen atoms in total. The van der Waals surface area contributed by atoms with Crippen LogP contribution in [-0.4, -0.2) is 44.7 Å². The topological polar surface area (TPSA) is 80.5 Å². The summed E-state index contributed by atoms with van der Waals surface area (Å²) in [5.41, 5.74) is 5.72. The quantitative estimate of drug-likeness (QED) is 0.722. The highest BCUT2D eigenvalue weighted by molar-refractivity contribution is 7.18. The summed E-state index contributed by atoms with van der Waals surface area (Å²) in [4.78, 5) is 18.3. The van der Waals surface area contributed by atoms with Crippen molar-refractivity contribution in [2.24, 2.45) is 0 Å². The molecule has 0 aliphatic rings. The maximum Gasteiger partial charge on any atom is 0.265 e. The van der Waals surface area contributed by atoms with Gasteiger partial charge in [-0.1, -0.05) is 11.3 Å². The van der Waals surface area contributed by atoms with Gasteiger partial charge in [0.15, 0.2) is 5.13 Å². The number of carbonyl (C=O) groups is 1. The Morgan fingerprint density at radius 3 is 2.83 bits per heavy atom. The summed E-state index contributed by atoms with van der Waals surface area (Å²) in [6.45, 7) is 3.87. The van der Waals surface area contributed by atoms with E-state index in [1.807, 2.05) is 25.9 Å². The number of ether oxygens (including phenoxy) is 1. The third-order valence-corrected chi connectivity index (χ3v) is 3.42. The van der Waals surface area contributed by atoms with Crippen LogP contribution in [0.5, 0.6) is 0 Å². The molecule has 0 aromatic carbocycles. The highest BCUT2D eigenvalue weighted by atomic mass is 32.1. The predicted molar refractivity (Wildman–Crippen MR) is 74.3 cm³/mol. The number of thiazole rings is 1. The molecule has 0 atom stereocenters. The standard InChI is InChI=1S/C11H20N4O2S/c1-4-17-7-5-6-13-10(16)8-9(12)14-11(18-8)15(2)3/h4-7,12H2,1-3H3,(H,13,16). The second kappa shape index (κ2) is 7.17. The normalized spacial score (nSPS) is 10.4. The zero-order valence-corrected chi connectivity index (χ0v) is 11.8. The molecule has 0 fully saturated rings. The summed E-state index contributed by atoms with van der Waals surface area (Å²) < 4.78 is 5.19. The first-order valence-corrected chi connectivity index (χ1v) is 6.67. The van der Waals surface area contributed by atoms with E-state index in [0.717, 1.165) is 11.6 Å². The van der Waals surface area contributed by atoms with Gasteiger partial charge in [-0.3, -0.25) is 4.79 Å². The van der Waals surface area contributed by atoms with Crippen LogP contribution in [0.25, 0.3) is 0 Å². The Labute approximate surface area is 111 Å². The number of amides is 1. The highest BCUT2D eigenvalue weighted by Crippen LogP contribution is 2.26. The minimum Gasteiger partial charge on any atom is -0.382 e. The SMILES string of the molecule is CCOCCCNC(=O)c1sc(N(C)C)nc1N. The molecule has 0 saturated heterocycles. The summed E-state index contributed by atoms with van der Waals surface area (Å²) >= 11 is 1.29. The van der Waals surface area contributed by atoms with Crippen LogP contribution in [-0.2, 0) is 4.74 Å². The van der Waals surface area contributed by atoms with E-state index in [4.69, 9.17) is 10.5 Å². The maximum absolute atomic E-state index is 11.9. The number of nitrogens with one attached hydrogen (secondary N) is 1. The van der Waals surface area contributed by atoms with Crippen molar-refractivity contribution < 1.29 is 9.53 Å². The monoisotopic (exact) mass is 272 g/mol. The summed E-state index contributed by atoms with van der Waals surface area (Å²) in [5.74, 6) is 0.112. The van der Waals surface area contributed by atoms with E-state index in [1.54, 1.807) is 0 Å². The van der Waals surface area contributed by atoms with Crippen LogP contribution < -0.4 is 16.0 Å². The fourth-order valence-corrected chi connectivity index (χ4v) is 2.10. The van der Waals surface area contributed by atoms with E-state index < -0.39 is 0 Å². The molecule has 1 rings (SSSR count). The number of carbonyl (C=O) groups excluding carboxylic acids is 1. The molecule has 0 radical (unpaired) electrons. The number of anilines is 2. The molecule has 1 amide bonds. The predicted octanol–water partition coefficient (Wildman–Crippen LogP) is 0.948. The van der Waals surface area contributed by atoms with E-state index in [0.29, 0.717) is 24.6 Å². The summed E-state index contributed by atoms with van der Waals surface area (Å²) in [6.07, 6.45) is 0.791. The third-order valence-electron chi connectivity index (χ3n) is 2.19. The molecule has 0 spiro atoms. The van der Waals surface area contributed by atoms with Crippen LogP contribution in [0.3, 0.4) is 0 Å². The number of rotatable bonds is 7. The average molecular weight is 272 g/mol. The van der Waals surface area contributed by atoms with Gasteiger partial charge in [0.1, 0.15) is 10.7 Å². The molecule has 3 N–H and O–H groups in total. The van der Waals surface area contributed by atoms with E-state index in [2.05, 4.69) is 10.3 Å². The van der Waals surface area contributed by atoms with Gasteiger partial charge in [0.05, 0.1) is 0 Å². The molecule has 1 heterocycles. The summed E-state index contributed by atoms with van der Waals surface area (Å²) in [5, 5.41) is 3.53. The molecular weight excluding hydrogens is 252 g/mol. The minimum atomic E-state index is -0.172. The van der Waals surface area contributed by atoms with Gasteiger partial charge in [0, 0.05) is 33.9 Å². The molecule has 1 aromatic heterocycles. The van der Waals surface area contributed by atoms with Crippen molar-refractivity contribution in [2.75, 3.05) is 44.5 Å². The molecular formula is C11H20N4O2S. The van der Waals surface area contributed by atoms with Gasteiger partial charge in [-0.25, -0.2) is 4.98 Å². The lowest BCUT2D eigenvalue weighted by Gasteiger charge is -2.05. The Hall–Kier alpha value is -1.34. The van der Waals surface area contributed by atoms with Crippen molar-refractivity contribution in [1.29, 1.82) is 0 Å². The number of nitrogen functional groups attached to an aromatic ring is 1. The first-order chi connectivity index (χ1) is 8.56. The largest absolute Gasteiger partial charge is 0.382 e. The van der Waals surface area contributed by atoms with Gasteiger partial charge >= 0.3 is 0 Å². The van der Waals surface area contributed by atoms with Crippen molar-refractivity contribution in [3.05, 3.63) is 4.88 Å². The van der Waals surface area contributed by atoms with Crippen LogP contribution in [0.4, 0.5) is 10.9 Å². The highest BCUT2D eigenvalue weighted by Gasteiger charge is 2.16. The number of aromatic nitrogens is 1. The molecule has 0 unspecified atom stereocenters. The molecule has 0 bridgehead atoms. The van der Waals surface area contributed by atoms with Gasteiger partial charge in [-0.2, -0.15) is 0 Å². The van der Waals surface area contributed by atoms with Crippen molar-refractivity contribution in [2.45, 2.75) is 13.3 Å². The van der Waals surface area contributed by atoms with Crippen LogP contribution in [0.1, 0.15) is 23.0 Å². The lowest BCUT2D eigenvalue weighted by atomic mass is 10.4. The van der Waals surface area contributed by atoms with Gasteiger partial charge < -0.3 is 20.7 Å². The fraction of sp³-hybridized carbons (Fsp3) is 0.636. The Kier molecular flexibility index (Phi) is 5.87. The van der Waals surface area contributed by atoms with Gasteiger partial charge in [-0.15, -0.1) is 0 Å². The lowest BCUT2D eigenvalue weighted by molar-refractivity contribution is 0.0949. The van der Waals surface area contributed by atoms with Crippen molar-refractivity contribution in [3.8, 4) is 0 Å². The zero-order chi connectivity index (χ0) is 13.5. The zero-order valence-electron chi connectivity index (χ0n) is 11.0. The Bertz CT molecular complexity index is 392. The number of hydrogen-bond acceptors (Lipinski definition) is 6. The van der Waals surface area contributed by atoms with Crippen LogP contribution in [0.15, 0.2) is 0 Å². The van der Waals surface area contributed by atoms with Crippen LogP contribution in [0, 0.1) is 0 Å². The minimum absolute atomic E-state index is 0.172. The van der Waals surface area contributed by atoms with Gasteiger partial charge in [0.2, 0.25) is 0 Å². The molecule has 0 saturated carbocycles. The van der Waals surface area contributed by atoms with Gasteiger partial charge in [0.25, 0.3) is 5.91 Å². The third kappa shape index (κ3) is 4.15. The second-order valence-electron chi connectivity index (χ2n) is 3.91. The maximum atomic E-state index is 11.9. The Balaban J connectivity index is 2.46. The van der Waals surface area contributed by atoms with Crippen LogP contribution in [0.2, 0.25) is 0 Å². The first kappa shape index (κ1) is 14.7. The molecule has 18 heavy (non-hydrogen) atoms. The average Bonchev–Trinajstić information content (AvgIpc) is 2.71. The number of nitrogens with two attached hydrogens (primary N) is 1. The van der Waals surface area contributed by atoms with E-state index >= 15 is 0 Å². The molecule has 0 aliphatic carbocycles. The molecule has 1 aromatic rings. The van der Waals surface area contributed by atoms with Crippen molar-refractivity contribution >= 4 is 28.2 Å². The lowest BCUT2D eigenvalue weighted by Crippen LogP contribution is -2.25. The summed E-state index contributed by atoms with van der Waals surface area (Å²) in [6, 6.07) is 0. The van der Waals surface area contributed by atoms with Crippen molar-refractivity contribution in [1.82, 2.24) is 10.3 Å². The number of hydrogen-bond donors (Lipinski definition) is 2. The molecule has 0 aliphatic heterocycles. The molecule has 7 heteroatoms. The first-order valence-electron chi connectivity index (χ1n) is 5.85. The summed E-state index contributed by atoms with van der Waals surface area (Å²) in [7, 11) is 3.73. The Morgan fingerprint density at radius 1 is 1.56 bits per heavy atom.